The minimum absolute atomic E-state index is 0.0332. The van der Waals surface area contributed by atoms with Gasteiger partial charge < -0.3 is 4.90 Å². The van der Waals surface area contributed by atoms with E-state index >= 15 is 0 Å². The summed E-state index contributed by atoms with van der Waals surface area (Å²) in [4.78, 5) is 25.7. The van der Waals surface area contributed by atoms with Crippen LogP contribution in [0.2, 0.25) is 0 Å². The molecule has 0 radical (unpaired) electrons. The van der Waals surface area contributed by atoms with Gasteiger partial charge in [0.15, 0.2) is 0 Å². The summed E-state index contributed by atoms with van der Waals surface area (Å²) >= 11 is 0. The van der Waals surface area contributed by atoms with Gasteiger partial charge in [-0.3, -0.25) is 9.59 Å². The summed E-state index contributed by atoms with van der Waals surface area (Å²) in [6.45, 7) is 3.87. The molecule has 24 heavy (non-hydrogen) atoms. The number of benzene rings is 1. The van der Waals surface area contributed by atoms with E-state index < -0.39 is 0 Å². The summed E-state index contributed by atoms with van der Waals surface area (Å²) in [6, 6.07) is 10.5. The molecule has 5 heteroatoms. The molecule has 0 bridgehead atoms. The van der Waals surface area contributed by atoms with Gasteiger partial charge in [0.05, 0.1) is 0 Å². The first kappa shape index (κ1) is 16.7. The third-order valence-corrected chi connectivity index (χ3v) is 5.13. The van der Waals surface area contributed by atoms with E-state index in [1.807, 2.05) is 11.0 Å². The fourth-order valence-corrected chi connectivity index (χ4v) is 3.63. The molecule has 1 aromatic carbocycles. The van der Waals surface area contributed by atoms with Crippen LogP contribution in [0, 0.1) is 0 Å². The minimum atomic E-state index is -0.0419. The maximum atomic E-state index is 12.6. The molecular weight excluding hydrogens is 302 g/mol. The lowest BCUT2D eigenvalue weighted by molar-refractivity contribution is -0.133. The van der Waals surface area contributed by atoms with Crippen molar-refractivity contribution in [2.45, 2.75) is 50.9 Å². The number of hydrazone groups is 1. The molecule has 1 N–H and O–H groups in total. The van der Waals surface area contributed by atoms with Crippen molar-refractivity contribution in [1.29, 1.82) is 0 Å². The van der Waals surface area contributed by atoms with E-state index in [2.05, 4.69) is 41.7 Å². The Labute approximate surface area is 143 Å². The van der Waals surface area contributed by atoms with Gasteiger partial charge in [-0.15, -0.1) is 0 Å². The Kier molecular flexibility index (Phi) is 4.97. The van der Waals surface area contributed by atoms with Gasteiger partial charge in [-0.2, -0.15) is 5.10 Å². The highest BCUT2D eigenvalue weighted by Gasteiger charge is 2.34. The Morgan fingerprint density at radius 3 is 2.79 bits per heavy atom. The average Bonchev–Trinajstić information content (AvgIpc) is 2.62. The van der Waals surface area contributed by atoms with E-state index in [1.54, 1.807) is 0 Å². The van der Waals surface area contributed by atoms with Crippen molar-refractivity contribution in [3.05, 3.63) is 35.9 Å². The van der Waals surface area contributed by atoms with Crippen LogP contribution < -0.4 is 5.43 Å². The van der Waals surface area contributed by atoms with Crippen molar-refractivity contribution in [2.75, 3.05) is 13.1 Å². The first-order valence-corrected chi connectivity index (χ1v) is 8.74. The molecule has 1 atom stereocenters. The average molecular weight is 327 g/mol. The van der Waals surface area contributed by atoms with Gasteiger partial charge in [0.25, 0.3) is 0 Å². The van der Waals surface area contributed by atoms with Crippen molar-refractivity contribution >= 4 is 17.5 Å². The summed E-state index contributed by atoms with van der Waals surface area (Å²) in [7, 11) is 0. The van der Waals surface area contributed by atoms with Crippen molar-refractivity contribution in [1.82, 2.24) is 10.3 Å². The monoisotopic (exact) mass is 327 g/mol. The summed E-state index contributed by atoms with van der Waals surface area (Å²) in [5.41, 5.74) is 4.76. The van der Waals surface area contributed by atoms with Gasteiger partial charge in [0.2, 0.25) is 11.8 Å². The lowest BCUT2D eigenvalue weighted by Gasteiger charge is -2.41. The molecule has 2 amide bonds. The number of nitrogens with one attached hydrogen (secondary N) is 1. The Morgan fingerprint density at radius 2 is 2.08 bits per heavy atom. The quantitative estimate of drug-likeness (QED) is 0.924. The zero-order valence-electron chi connectivity index (χ0n) is 14.3. The van der Waals surface area contributed by atoms with Crippen molar-refractivity contribution in [3.8, 4) is 0 Å². The van der Waals surface area contributed by atoms with E-state index in [1.165, 1.54) is 5.56 Å². The number of nitrogens with zero attached hydrogens (tertiary/aromatic N) is 2. The Hall–Kier alpha value is -2.17. The number of rotatable bonds is 4. The van der Waals surface area contributed by atoms with Crippen LogP contribution in [0.1, 0.15) is 51.0 Å². The summed E-state index contributed by atoms with van der Waals surface area (Å²) < 4.78 is 0. The smallest absolute Gasteiger partial charge is 0.240 e. The SMILES string of the molecule is C[C@]1(c2ccccc2)CCCN(C(=O)CCC2=NNC(=O)CC2)C1. The third kappa shape index (κ3) is 3.83. The second-order valence-corrected chi connectivity index (χ2v) is 7.06. The number of amides is 2. The maximum absolute atomic E-state index is 12.6. The van der Waals surface area contributed by atoms with E-state index in [-0.39, 0.29) is 17.2 Å². The third-order valence-electron chi connectivity index (χ3n) is 5.13. The second-order valence-electron chi connectivity index (χ2n) is 7.06. The Bertz CT molecular complexity index is 641. The highest BCUT2D eigenvalue weighted by Crippen LogP contribution is 2.33. The second kappa shape index (κ2) is 7.16. The molecule has 128 valence electrons. The maximum Gasteiger partial charge on any atom is 0.240 e. The Morgan fingerprint density at radius 1 is 1.29 bits per heavy atom. The molecule has 0 aromatic heterocycles. The van der Waals surface area contributed by atoms with Gasteiger partial charge in [0.1, 0.15) is 0 Å². The van der Waals surface area contributed by atoms with Crippen LogP contribution in [-0.4, -0.2) is 35.5 Å². The van der Waals surface area contributed by atoms with Gasteiger partial charge in [0, 0.05) is 37.1 Å². The molecule has 0 spiro atoms. The molecule has 2 aliphatic rings. The number of carbonyl (C=O) groups excluding carboxylic acids is 2. The number of hydrogen-bond acceptors (Lipinski definition) is 3. The lowest BCUT2D eigenvalue weighted by atomic mass is 9.76. The highest BCUT2D eigenvalue weighted by atomic mass is 16.2. The fraction of sp³-hybridized carbons (Fsp3) is 0.526. The van der Waals surface area contributed by atoms with Crippen LogP contribution >= 0.6 is 0 Å². The van der Waals surface area contributed by atoms with Crippen LogP contribution in [0.25, 0.3) is 0 Å². The summed E-state index contributed by atoms with van der Waals surface area (Å²) in [5.74, 6) is 0.149. The first-order valence-electron chi connectivity index (χ1n) is 8.74. The van der Waals surface area contributed by atoms with Crippen molar-refractivity contribution < 1.29 is 9.59 Å². The predicted molar refractivity (Wildman–Crippen MR) is 93.7 cm³/mol. The van der Waals surface area contributed by atoms with Gasteiger partial charge in [-0.05, 0) is 31.2 Å². The van der Waals surface area contributed by atoms with Crippen LogP contribution in [-0.2, 0) is 15.0 Å². The van der Waals surface area contributed by atoms with Crippen molar-refractivity contribution in [3.63, 3.8) is 0 Å². The van der Waals surface area contributed by atoms with E-state index in [9.17, 15) is 9.59 Å². The van der Waals surface area contributed by atoms with Crippen LogP contribution in [0.4, 0.5) is 0 Å². The molecule has 1 saturated heterocycles. The van der Waals surface area contributed by atoms with Crippen LogP contribution in [0.15, 0.2) is 35.4 Å². The topological polar surface area (TPSA) is 61.8 Å². The summed E-state index contributed by atoms with van der Waals surface area (Å²) in [5, 5.41) is 4.05. The molecule has 1 aromatic rings. The Balaban J connectivity index is 1.58. The molecule has 0 saturated carbocycles. The largest absolute Gasteiger partial charge is 0.342 e. The molecule has 5 nitrogen and oxygen atoms in total. The van der Waals surface area contributed by atoms with Gasteiger partial charge in [-0.1, -0.05) is 37.3 Å². The molecule has 3 rings (SSSR count). The van der Waals surface area contributed by atoms with Gasteiger partial charge in [-0.25, -0.2) is 5.43 Å². The van der Waals surface area contributed by atoms with E-state index in [4.69, 9.17) is 0 Å². The fourth-order valence-electron chi connectivity index (χ4n) is 3.63. The molecule has 2 aliphatic heterocycles. The van der Waals surface area contributed by atoms with E-state index in [0.717, 1.165) is 31.6 Å². The number of hydrogen-bond donors (Lipinski definition) is 1. The van der Waals surface area contributed by atoms with Gasteiger partial charge >= 0.3 is 0 Å². The number of carbonyl (C=O) groups is 2. The zero-order chi connectivity index (χ0) is 17.0. The predicted octanol–water partition coefficient (Wildman–Crippen LogP) is 2.61. The highest BCUT2D eigenvalue weighted by molar-refractivity contribution is 5.94. The summed E-state index contributed by atoms with van der Waals surface area (Å²) in [6.07, 6.45) is 4.40. The zero-order valence-corrected chi connectivity index (χ0v) is 14.3. The number of piperidine rings is 1. The van der Waals surface area contributed by atoms with Crippen LogP contribution in [0.3, 0.4) is 0 Å². The first-order chi connectivity index (χ1) is 11.6. The molecule has 0 aliphatic carbocycles. The number of likely N-dealkylation sites (tertiary alicyclic amines) is 1. The molecule has 0 unspecified atom stereocenters. The molecule has 2 heterocycles. The van der Waals surface area contributed by atoms with Crippen LogP contribution in [0.5, 0.6) is 0 Å². The normalized spacial score (nSPS) is 24.3. The molecular formula is C19H25N3O2. The molecule has 1 fully saturated rings. The van der Waals surface area contributed by atoms with E-state index in [0.29, 0.717) is 25.7 Å². The lowest BCUT2D eigenvalue weighted by Crippen LogP contribution is -2.47. The standard InChI is InChI=1S/C19H25N3O2/c1-19(15-6-3-2-4-7-15)12-5-13-22(14-19)18(24)11-9-16-8-10-17(23)21-20-16/h2-4,6-7H,5,8-14H2,1H3,(H,21,23)/t19-/m0/s1. The minimum Gasteiger partial charge on any atom is -0.342 e. The van der Waals surface area contributed by atoms with Crippen molar-refractivity contribution in [2.24, 2.45) is 5.10 Å².